The number of rotatable bonds is 22. The van der Waals surface area contributed by atoms with Crippen molar-refractivity contribution in [3.05, 3.63) is 230 Å². The molecule has 2 unspecified atom stereocenters. The summed E-state index contributed by atoms with van der Waals surface area (Å²) in [5, 5.41) is 15.7. The van der Waals surface area contributed by atoms with Crippen LogP contribution in [0.25, 0.3) is 86.9 Å². The molecule has 0 fully saturated rings. The lowest BCUT2D eigenvalue weighted by molar-refractivity contribution is 0.782. The minimum absolute atomic E-state index is 0.192. The molecule has 0 aliphatic rings. The van der Waals surface area contributed by atoms with Crippen LogP contribution in [0.4, 0.5) is 34.1 Å². The fourth-order valence-corrected chi connectivity index (χ4v) is 16.0. The van der Waals surface area contributed by atoms with Gasteiger partial charge in [0.05, 0.1) is 11.4 Å². The van der Waals surface area contributed by atoms with Gasteiger partial charge in [-0.25, -0.2) is 0 Å². The smallest absolute Gasteiger partial charge is 0.0540 e. The van der Waals surface area contributed by atoms with E-state index in [1.54, 1.807) is 0 Å². The summed E-state index contributed by atoms with van der Waals surface area (Å²) in [6.45, 7) is 9.01. The normalized spacial score (nSPS) is 12.6. The number of hydrogen-bond acceptors (Lipinski definition) is 6. The Balaban J connectivity index is 1.08. The van der Waals surface area contributed by atoms with Crippen molar-refractivity contribution in [2.75, 3.05) is 21.3 Å². The fourth-order valence-electron chi connectivity index (χ4n) is 13.1. The molecule has 13 rings (SSSR count). The first-order chi connectivity index (χ1) is 41.4. The summed E-state index contributed by atoms with van der Waals surface area (Å²) in [4.78, 5) is 7.59. The molecule has 0 radical (unpaired) electrons. The van der Waals surface area contributed by atoms with Gasteiger partial charge in [-0.1, -0.05) is 187 Å². The van der Waals surface area contributed by atoms with Crippen LogP contribution in [0.5, 0.6) is 0 Å². The van der Waals surface area contributed by atoms with Gasteiger partial charge < -0.3 is 9.80 Å². The molecule has 0 N–H and O–H groups in total. The van der Waals surface area contributed by atoms with Crippen LogP contribution in [0, 0.1) is 0 Å². The Morgan fingerprint density at radius 2 is 0.655 bits per heavy atom. The Morgan fingerprint density at radius 3 is 1.00 bits per heavy atom. The molecule has 0 aliphatic heterocycles. The summed E-state index contributed by atoms with van der Waals surface area (Å²) < 4.78 is 0. The van der Waals surface area contributed by atoms with Crippen LogP contribution in [-0.4, -0.2) is 11.5 Å². The van der Waals surface area contributed by atoms with Crippen molar-refractivity contribution in [2.45, 2.75) is 99.4 Å². The Bertz CT molecular complexity index is 4170. The first-order valence-corrected chi connectivity index (χ1v) is 33.5. The number of nitrogens with zero attached hydrogens (tertiary/aromatic N) is 2. The largest absolute Gasteiger partial charge is 0.310 e. The number of anilines is 6. The maximum absolute atomic E-state index is 5.04. The Hall–Kier alpha value is -7.06. The molecule has 84 heavy (non-hydrogen) atoms. The average Bonchev–Trinajstić information content (AvgIpc) is 1.63. The second-order valence-corrected chi connectivity index (χ2v) is 26.1. The molecule has 0 heterocycles. The van der Waals surface area contributed by atoms with Crippen LogP contribution in [0.15, 0.2) is 228 Å². The summed E-state index contributed by atoms with van der Waals surface area (Å²) >= 11 is 14.0. The van der Waals surface area contributed by atoms with Crippen molar-refractivity contribution < 1.29 is 0 Å². The van der Waals surface area contributed by atoms with Crippen LogP contribution >= 0.6 is 48.8 Å². The molecule has 2 nitrogen and oxygen atoms in total. The predicted molar refractivity (Wildman–Crippen MR) is 379 cm³/mol. The lowest BCUT2D eigenvalue weighted by Gasteiger charge is -2.28. The SMILES string of the molecule is CCCCSc1ccc(N(c2ccc(SCCCC)cc2)c2ccc3c4c(-c5ccccc5)c5c6ccc(N(c7ccc(C(S)CCC)cc7)c7ccc(C(S)CCC)cc7)c7cccc(c5c(-c5ccccc5)c4c4cccc2c43)c76)cc1. The summed E-state index contributed by atoms with van der Waals surface area (Å²) in [6.07, 6.45) is 9.08. The molecular weight excluding hydrogens is 1090 g/mol. The summed E-state index contributed by atoms with van der Waals surface area (Å²) in [7, 11) is 0. The highest BCUT2D eigenvalue weighted by Gasteiger charge is 2.30. The highest BCUT2D eigenvalue weighted by Crippen LogP contribution is 2.58. The molecule has 13 aromatic carbocycles. The fraction of sp³-hybridized carbons (Fsp3) is 0.205. The highest BCUT2D eigenvalue weighted by atomic mass is 32.2. The van der Waals surface area contributed by atoms with Crippen molar-refractivity contribution in [3.63, 3.8) is 0 Å². The molecule has 0 bridgehead atoms. The Labute approximate surface area is 516 Å². The third kappa shape index (κ3) is 10.4. The summed E-state index contributed by atoms with van der Waals surface area (Å²) in [5.41, 5.74) is 14.3. The average molecular weight is 1170 g/mol. The van der Waals surface area contributed by atoms with Crippen molar-refractivity contribution >= 4 is 148 Å². The molecule has 13 aromatic rings. The second kappa shape index (κ2) is 24.9. The van der Waals surface area contributed by atoms with E-state index in [4.69, 9.17) is 25.3 Å². The molecule has 0 amide bonds. The molecule has 0 saturated heterocycles. The van der Waals surface area contributed by atoms with Gasteiger partial charge in [-0.3, -0.25) is 0 Å². The minimum atomic E-state index is 0.192. The van der Waals surface area contributed by atoms with E-state index in [0.29, 0.717) is 0 Å². The zero-order valence-electron chi connectivity index (χ0n) is 48.6. The van der Waals surface area contributed by atoms with Gasteiger partial charge >= 0.3 is 0 Å². The topological polar surface area (TPSA) is 6.48 Å². The molecule has 0 aliphatic carbocycles. The van der Waals surface area contributed by atoms with Crippen LogP contribution < -0.4 is 9.80 Å². The lowest BCUT2D eigenvalue weighted by Crippen LogP contribution is -2.11. The predicted octanol–water partition coefficient (Wildman–Crippen LogP) is 25.1. The van der Waals surface area contributed by atoms with Crippen molar-refractivity contribution in [2.24, 2.45) is 0 Å². The van der Waals surface area contributed by atoms with Gasteiger partial charge in [-0.2, -0.15) is 25.3 Å². The highest BCUT2D eigenvalue weighted by molar-refractivity contribution is 7.99. The molecule has 418 valence electrons. The summed E-state index contributed by atoms with van der Waals surface area (Å²) in [5.74, 6) is 2.26. The maximum atomic E-state index is 5.04. The number of thioether (sulfide) groups is 2. The van der Waals surface area contributed by atoms with Crippen molar-refractivity contribution in [3.8, 4) is 22.3 Å². The van der Waals surface area contributed by atoms with Gasteiger partial charge in [0.2, 0.25) is 0 Å². The van der Waals surface area contributed by atoms with E-state index in [-0.39, 0.29) is 10.5 Å². The number of hydrogen-bond donors (Lipinski definition) is 2. The number of benzene rings is 11. The maximum Gasteiger partial charge on any atom is 0.0540 e. The van der Waals surface area contributed by atoms with Crippen molar-refractivity contribution in [1.29, 1.82) is 0 Å². The van der Waals surface area contributed by atoms with Crippen molar-refractivity contribution in [1.82, 2.24) is 0 Å². The third-order valence-corrected chi connectivity index (χ3v) is 20.4. The monoisotopic (exact) mass is 1160 g/mol. The van der Waals surface area contributed by atoms with Crippen LogP contribution in [0.3, 0.4) is 0 Å². The molecule has 6 heteroatoms. The van der Waals surface area contributed by atoms with Crippen LogP contribution in [0.2, 0.25) is 0 Å². The molecular formula is C78H72N2S4. The van der Waals surface area contributed by atoms with Gasteiger partial charge in [0, 0.05) is 53.8 Å². The lowest BCUT2D eigenvalue weighted by atomic mass is 9.87. The zero-order valence-corrected chi connectivity index (χ0v) is 52.0. The first kappa shape index (κ1) is 56.1. The molecule has 0 aromatic heterocycles. The van der Waals surface area contributed by atoms with Gasteiger partial charge in [0.25, 0.3) is 0 Å². The Kier molecular flexibility index (Phi) is 16.6. The quantitative estimate of drug-likeness (QED) is 0.0396. The van der Waals surface area contributed by atoms with Gasteiger partial charge in [-0.15, -0.1) is 23.5 Å². The van der Waals surface area contributed by atoms with Gasteiger partial charge in [0.15, 0.2) is 0 Å². The number of fused-ring (bicyclic) bond motifs is 6. The van der Waals surface area contributed by atoms with E-state index in [1.165, 1.54) is 139 Å². The zero-order chi connectivity index (χ0) is 57.3. The molecule has 0 saturated carbocycles. The van der Waals surface area contributed by atoms with Gasteiger partial charge in [0.1, 0.15) is 0 Å². The van der Waals surface area contributed by atoms with E-state index in [0.717, 1.165) is 65.6 Å². The standard InChI is InChI=1S/C78H72N2S4/c1-5-9-49-83-59-41-37-57(38-42-59)80(58-39-43-60(44-40-58)84-50-10-6-2)68-48-46-66-74-62(68)26-18-28-64(74)76-71(53-21-13-11-14-22-53)75-63-27-17-25-61-67(47-45-65(73(61)63)77(75)72(78(66)76)54-23-15-12-16-24-54)79(55-33-29-51(30-34-55)69(81)19-7-3)56-35-31-52(32-36-56)70(82)20-8-4/h11-18,21-48,69-70,81-82H,5-10,19-20,49-50H2,1-4H3. The van der Waals surface area contributed by atoms with E-state index in [2.05, 4.69) is 256 Å². The molecule has 2 atom stereocenters. The van der Waals surface area contributed by atoms with E-state index < -0.39 is 0 Å². The third-order valence-electron chi connectivity index (χ3n) is 17.1. The van der Waals surface area contributed by atoms with E-state index in [9.17, 15) is 0 Å². The molecule has 0 spiro atoms. The summed E-state index contributed by atoms with van der Waals surface area (Å²) in [6, 6.07) is 83.2. The van der Waals surface area contributed by atoms with Crippen LogP contribution in [-0.2, 0) is 0 Å². The Morgan fingerprint density at radius 1 is 0.321 bits per heavy atom. The first-order valence-electron chi connectivity index (χ1n) is 30.5. The van der Waals surface area contributed by atoms with E-state index in [1.807, 2.05) is 23.5 Å². The number of unbranched alkanes of at least 4 members (excludes halogenated alkanes) is 2. The van der Waals surface area contributed by atoms with E-state index >= 15 is 0 Å². The second-order valence-electron chi connectivity index (χ2n) is 22.6. The van der Waals surface area contributed by atoms with Crippen LogP contribution in [0.1, 0.15) is 101 Å². The minimum Gasteiger partial charge on any atom is -0.310 e. The number of thiol groups is 2. The van der Waals surface area contributed by atoms with Gasteiger partial charge in [-0.05, 0) is 209 Å².